The van der Waals surface area contributed by atoms with Crippen LogP contribution < -0.4 is 5.32 Å². The first-order valence-electron chi connectivity index (χ1n) is 5.41. The molecule has 0 amide bonds. The minimum absolute atomic E-state index is 0.00919. The second-order valence-corrected chi connectivity index (χ2v) is 6.85. The lowest BCUT2D eigenvalue weighted by Gasteiger charge is -2.17. The van der Waals surface area contributed by atoms with Gasteiger partial charge in [0.05, 0.1) is 10.5 Å². The maximum Gasteiger partial charge on any atom is 0.137 e. The zero-order valence-electron chi connectivity index (χ0n) is 9.93. The van der Waals surface area contributed by atoms with E-state index in [9.17, 15) is 4.39 Å². The Kier molecular flexibility index (Phi) is 4.59. The standard InChI is InChI=1S/C13H12Br2FNS/c1-7-9(14)6-11(18-7)13(17-2)8-4-3-5-10(16)12(8)15/h3-6,13,17H,1-2H3. The third-order valence-electron chi connectivity index (χ3n) is 2.74. The Labute approximate surface area is 127 Å². The average Bonchev–Trinajstić information content (AvgIpc) is 2.66. The first-order valence-corrected chi connectivity index (χ1v) is 7.82. The molecule has 1 N–H and O–H groups in total. The molecule has 0 spiro atoms. The van der Waals surface area contributed by atoms with Crippen molar-refractivity contribution in [1.82, 2.24) is 5.32 Å². The summed E-state index contributed by atoms with van der Waals surface area (Å²) in [5.74, 6) is -0.236. The van der Waals surface area contributed by atoms with Crippen molar-refractivity contribution >= 4 is 43.2 Å². The molecule has 1 atom stereocenters. The van der Waals surface area contributed by atoms with Crippen LogP contribution in [0.2, 0.25) is 0 Å². The summed E-state index contributed by atoms with van der Waals surface area (Å²) in [7, 11) is 1.88. The van der Waals surface area contributed by atoms with Crippen molar-refractivity contribution in [3.8, 4) is 0 Å². The number of hydrogen-bond donors (Lipinski definition) is 1. The van der Waals surface area contributed by atoms with E-state index in [0.29, 0.717) is 4.47 Å². The highest BCUT2D eigenvalue weighted by atomic mass is 79.9. The van der Waals surface area contributed by atoms with Gasteiger partial charge in [0.1, 0.15) is 5.82 Å². The van der Waals surface area contributed by atoms with Crippen LogP contribution in [0, 0.1) is 12.7 Å². The van der Waals surface area contributed by atoms with E-state index >= 15 is 0 Å². The summed E-state index contributed by atoms with van der Waals surface area (Å²) in [6.07, 6.45) is 0. The molecule has 2 aromatic rings. The van der Waals surface area contributed by atoms with Crippen molar-refractivity contribution in [2.45, 2.75) is 13.0 Å². The van der Waals surface area contributed by atoms with Gasteiger partial charge in [-0.25, -0.2) is 4.39 Å². The molecule has 0 bridgehead atoms. The molecular weight excluding hydrogens is 381 g/mol. The summed E-state index contributed by atoms with van der Waals surface area (Å²) in [4.78, 5) is 2.38. The summed E-state index contributed by atoms with van der Waals surface area (Å²) >= 11 is 8.54. The van der Waals surface area contributed by atoms with Gasteiger partial charge in [0, 0.05) is 14.2 Å². The minimum Gasteiger partial charge on any atom is -0.309 e. The second kappa shape index (κ2) is 5.82. The molecular formula is C13H12Br2FNS. The summed E-state index contributed by atoms with van der Waals surface area (Å²) < 4.78 is 15.2. The van der Waals surface area contributed by atoms with E-state index in [1.807, 2.05) is 13.1 Å². The highest BCUT2D eigenvalue weighted by Crippen LogP contribution is 2.36. The average molecular weight is 393 g/mol. The van der Waals surface area contributed by atoms with Gasteiger partial charge in [0.2, 0.25) is 0 Å². The molecule has 1 aromatic carbocycles. The molecule has 0 fully saturated rings. The van der Waals surface area contributed by atoms with Crippen LogP contribution in [0.3, 0.4) is 0 Å². The fraction of sp³-hybridized carbons (Fsp3) is 0.231. The Morgan fingerprint density at radius 2 is 2.06 bits per heavy atom. The fourth-order valence-electron chi connectivity index (χ4n) is 1.82. The molecule has 0 aliphatic rings. The molecule has 1 nitrogen and oxygen atoms in total. The lowest BCUT2D eigenvalue weighted by molar-refractivity contribution is 0.609. The molecule has 0 saturated carbocycles. The van der Waals surface area contributed by atoms with E-state index in [1.165, 1.54) is 10.9 Å². The molecule has 1 aromatic heterocycles. The van der Waals surface area contributed by atoms with Gasteiger partial charge in [-0.3, -0.25) is 0 Å². The summed E-state index contributed by atoms with van der Waals surface area (Å²) in [6.45, 7) is 2.06. The molecule has 1 unspecified atom stereocenters. The number of hydrogen-bond acceptors (Lipinski definition) is 2. The van der Waals surface area contributed by atoms with Crippen molar-refractivity contribution in [2.24, 2.45) is 0 Å². The zero-order valence-corrected chi connectivity index (χ0v) is 13.9. The zero-order chi connectivity index (χ0) is 13.3. The molecule has 96 valence electrons. The molecule has 0 saturated heterocycles. The van der Waals surface area contributed by atoms with Gasteiger partial charge in [-0.15, -0.1) is 11.3 Å². The van der Waals surface area contributed by atoms with Crippen LogP contribution in [0.25, 0.3) is 0 Å². The van der Waals surface area contributed by atoms with E-state index < -0.39 is 0 Å². The van der Waals surface area contributed by atoms with E-state index in [2.05, 4.69) is 50.2 Å². The summed E-state index contributed by atoms with van der Waals surface area (Å²) in [5.41, 5.74) is 0.909. The smallest absolute Gasteiger partial charge is 0.137 e. The van der Waals surface area contributed by atoms with Gasteiger partial charge >= 0.3 is 0 Å². The van der Waals surface area contributed by atoms with Crippen molar-refractivity contribution in [1.29, 1.82) is 0 Å². The molecule has 2 rings (SSSR count). The van der Waals surface area contributed by atoms with Gasteiger partial charge in [0.25, 0.3) is 0 Å². The van der Waals surface area contributed by atoms with Crippen LogP contribution in [-0.4, -0.2) is 7.05 Å². The topological polar surface area (TPSA) is 12.0 Å². The van der Waals surface area contributed by atoms with Gasteiger partial charge in [-0.1, -0.05) is 12.1 Å². The van der Waals surface area contributed by atoms with Crippen LogP contribution in [-0.2, 0) is 0 Å². The van der Waals surface area contributed by atoms with Crippen LogP contribution in [0.1, 0.15) is 21.4 Å². The van der Waals surface area contributed by atoms with Crippen LogP contribution in [0.15, 0.2) is 33.2 Å². The Morgan fingerprint density at radius 3 is 2.61 bits per heavy atom. The number of nitrogens with one attached hydrogen (secondary N) is 1. The number of benzene rings is 1. The highest BCUT2D eigenvalue weighted by Gasteiger charge is 2.19. The van der Waals surface area contributed by atoms with Crippen LogP contribution in [0.5, 0.6) is 0 Å². The Balaban J connectivity index is 2.48. The van der Waals surface area contributed by atoms with E-state index in [0.717, 1.165) is 14.9 Å². The van der Waals surface area contributed by atoms with Crippen molar-refractivity contribution < 1.29 is 4.39 Å². The maximum absolute atomic E-state index is 13.6. The SMILES string of the molecule is CNC(c1cc(Br)c(C)s1)c1cccc(F)c1Br. The van der Waals surface area contributed by atoms with Gasteiger partial charge in [0.15, 0.2) is 0 Å². The van der Waals surface area contributed by atoms with Gasteiger partial charge < -0.3 is 5.32 Å². The Morgan fingerprint density at radius 1 is 1.33 bits per heavy atom. The molecule has 18 heavy (non-hydrogen) atoms. The predicted octanol–water partition coefficient (Wildman–Crippen LogP) is 5.03. The highest BCUT2D eigenvalue weighted by molar-refractivity contribution is 9.10. The largest absolute Gasteiger partial charge is 0.309 e. The molecule has 1 heterocycles. The lowest BCUT2D eigenvalue weighted by atomic mass is 10.1. The quantitative estimate of drug-likeness (QED) is 0.772. The Bertz CT molecular complexity index is 549. The van der Waals surface area contributed by atoms with Gasteiger partial charge in [-0.05, 0) is 63.5 Å². The first-order chi connectivity index (χ1) is 8.54. The van der Waals surface area contributed by atoms with E-state index in [4.69, 9.17) is 0 Å². The molecule has 0 aliphatic heterocycles. The molecule has 0 radical (unpaired) electrons. The molecule has 5 heteroatoms. The minimum atomic E-state index is -0.236. The molecule has 0 aliphatic carbocycles. The fourth-order valence-corrected chi connectivity index (χ4v) is 4.00. The van der Waals surface area contributed by atoms with Crippen molar-refractivity contribution in [2.75, 3.05) is 7.05 Å². The predicted molar refractivity (Wildman–Crippen MR) is 81.8 cm³/mol. The number of rotatable bonds is 3. The van der Waals surface area contributed by atoms with Crippen LogP contribution in [0.4, 0.5) is 4.39 Å². The lowest BCUT2D eigenvalue weighted by Crippen LogP contribution is -2.17. The third-order valence-corrected chi connectivity index (χ3v) is 5.78. The van der Waals surface area contributed by atoms with E-state index in [-0.39, 0.29) is 11.9 Å². The Hall–Kier alpha value is -0.230. The number of thiophene rings is 1. The summed E-state index contributed by atoms with van der Waals surface area (Å²) in [5, 5.41) is 3.24. The number of aryl methyl sites for hydroxylation is 1. The van der Waals surface area contributed by atoms with Crippen molar-refractivity contribution in [3.63, 3.8) is 0 Å². The van der Waals surface area contributed by atoms with E-state index in [1.54, 1.807) is 17.4 Å². The van der Waals surface area contributed by atoms with Crippen molar-refractivity contribution in [3.05, 3.63) is 54.3 Å². The third kappa shape index (κ3) is 2.69. The summed E-state index contributed by atoms with van der Waals surface area (Å²) in [6, 6.07) is 7.19. The number of halogens is 3. The monoisotopic (exact) mass is 391 g/mol. The first kappa shape index (κ1) is 14.2. The normalized spacial score (nSPS) is 12.7. The maximum atomic E-state index is 13.6. The van der Waals surface area contributed by atoms with Crippen LogP contribution >= 0.6 is 43.2 Å². The second-order valence-electron chi connectivity index (χ2n) is 3.92. The van der Waals surface area contributed by atoms with Gasteiger partial charge in [-0.2, -0.15) is 0 Å².